The highest BCUT2D eigenvalue weighted by Gasteiger charge is 2.15. The third-order valence-electron chi connectivity index (χ3n) is 2.00. The molecule has 0 aliphatic rings. The Balaban J connectivity index is 2.72. The highest BCUT2D eigenvalue weighted by atomic mass is 19.3. The first-order chi connectivity index (χ1) is 8.02. The summed E-state index contributed by atoms with van der Waals surface area (Å²) in [7, 11) is 0. The number of rotatable bonds is 6. The molecule has 0 bridgehead atoms. The van der Waals surface area contributed by atoms with E-state index >= 15 is 0 Å². The minimum Gasteiger partial charge on any atom is -0.477 e. The van der Waals surface area contributed by atoms with Crippen LogP contribution in [0, 0.1) is 0 Å². The smallest absolute Gasteiger partial charge is 0.354 e. The van der Waals surface area contributed by atoms with Gasteiger partial charge in [-0.3, -0.25) is 0 Å². The van der Waals surface area contributed by atoms with Gasteiger partial charge in [-0.05, 0) is 12.1 Å². The first kappa shape index (κ1) is 13.3. The van der Waals surface area contributed by atoms with Crippen LogP contribution in [0.3, 0.4) is 0 Å². The van der Waals surface area contributed by atoms with Gasteiger partial charge in [0.15, 0.2) is 5.69 Å². The van der Waals surface area contributed by atoms with E-state index in [1.807, 2.05) is 0 Å². The molecule has 0 aromatic carbocycles. The summed E-state index contributed by atoms with van der Waals surface area (Å²) in [6, 6.07) is 3.32. The maximum atomic E-state index is 12.1. The Bertz CT molecular complexity index is 388. The third kappa shape index (κ3) is 4.31. The molecule has 94 valence electrons. The van der Waals surface area contributed by atoms with Gasteiger partial charge in [0.1, 0.15) is 5.82 Å². The largest absolute Gasteiger partial charge is 0.477 e. The Labute approximate surface area is 96.1 Å². The van der Waals surface area contributed by atoms with Gasteiger partial charge in [-0.15, -0.1) is 0 Å². The summed E-state index contributed by atoms with van der Waals surface area (Å²) >= 11 is 0. The van der Waals surface area contributed by atoms with Gasteiger partial charge in [0.2, 0.25) is 6.43 Å². The van der Waals surface area contributed by atoms with Crippen LogP contribution in [0.5, 0.6) is 0 Å². The number of aliphatic hydroxyl groups is 1. The lowest BCUT2D eigenvalue weighted by Gasteiger charge is -2.16. The number of aromatic nitrogens is 1. The Hall–Kier alpha value is -1.76. The zero-order valence-electron chi connectivity index (χ0n) is 8.81. The van der Waals surface area contributed by atoms with Crippen molar-refractivity contribution in [1.29, 1.82) is 0 Å². The number of carboxylic acid groups (broad SMARTS) is 1. The number of aliphatic hydroxyl groups excluding tert-OH is 1. The van der Waals surface area contributed by atoms with Gasteiger partial charge in [0, 0.05) is 6.42 Å². The van der Waals surface area contributed by atoms with Crippen LogP contribution in [0.4, 0.5) is 14.6 Å². The number of nitrogens with zero attached hydrogens (tertiary/aromatic N) is 1. The molecule has 0 amide bonds. The molecule has 1 aromatic heterocycles. The number of carboxylic acids is 1. The zero-order valence-corrected chi connectivity index (χ0v) is 8.81. The molecule has 0 saturated carbocycles. The molecule has 17 heavy (non-hydrogen) atoms. The molecule has 0 aliphatic carbocycles. The molecule has 0 saturated heterocycles. The van der Waals surface area contributed by atoms with E-state index in [1.54, 1.807) is 0 Å². The molecule has 5 nitrogen and oxygen atoms in total. The van der Waals surface area contributed by atoms with Crippen molar-refractivity contribution in [3.8, 4) is 0 Å². The second-order valence-corrected chi connectivity index (χ2v) is 3.36. The second kappa shape index (κ2) is 6.09. The Morgan fingerprint density at radius 2 is 2.18 bits per heavy atom. The molecule has 1 heterocycles. The third-order valence-corrected chi connectivity index (χ3v) is 2.00. The molecular weight excluding hydrogens is 234 g/mol. The molecule has 7 heteroatoms. The molecule has 0 spiro atoms. The lowest BCUT2D eigenvalue weighted by Crippen LogP contribution is -2.27. The number of carbonyl (C=O) groups is 1. The number of halogens is 2. The van der Waals surface area contributed by atoms with Crippen molar-refractivity contribution in [3.63, 3.8) is 0 Å². The second-order valence-electron chi connectivity index (χ2n) is 3.36. The van der Waals surface area contributed by atoms with E-state index in [9.17, 15) is 13.6 Å². The summed E-state index contributed by atoms with van der Waals surface area (Å²) in [5.41, 5.74) is -0.191. The van der Waals surface area contributed by atoms with Crippen molar-refractivity contribution >= 4 is 11.8 Å². The summed E-state index contributed by atoms with van der Waals surface area (Å²) in [5.74, 6) is -1.06. The molecule has 0 aliphatic heterocycles. The van der Waals surface area contributed by atoms with Crippen LogP contribution in [0.25, 0.3) is 0 Å². The van der Waals surface area contributed by atoms with Crippen LogP contribution >= 0.6 is 0 Å². The van der Waals surface area contributed by atoms with Crippen molar-refractivity contribution in [1.82, 2.24) is 4.98 Å². The molecule has 1 rings (SSSR count). The summed E-state index contributed by atoms with van der Waals surface area (Å²) in [5, 5.41) is 20.1. The summed E-state index contributed by atoms with van der Waals surface area (Å²) in [6.07, 6.45) is -3.09. The fraction of sp³-hybridized carbons (Fsp3) is 0.400. The first-order valence-corrected chi connectivity index (χ1v) is 4.89. The fourth-order valence-electron chi connectivity index (χ4n) is 1.24. The van der Waals surface area contributed by atoms with Gasteiger partial charge in [-0.2, -0.15) is 0 Å². The molecule has 1 unspecified atom stereocenters. The summed E-state index contributed by atoms with van der Waals surface area (Å²) < 4.78 is 24.2. The predicted molar refractivity (Wildman–Crippen MR) is 56.3 cm³/mol. The first-order valence-electron chi connectivity index (χ1n) is 4.89. The number of hydrogen-bond donors (Lipinski definition) is 3. The van der Waals surface area contributed by atoms with Crippen LogP contribution in [-0.2, 0) is 0 Å². The quantitative estimate of drug-likeness (QED) is 0.702. The molecular formula is C10H12F2N2O3. The van der Waals surface area contributed by atoms with Crippen molar-refractivity contribution in [2.75, 3.05) is 11.9 Å². The monoisotopic (exact) mass is 246 g/mol. The summed E-state index contributed by atoms with van der Waals surface area (Å²) in [6.45, 7) is -0.483. The zero-order chi connectivity index (χ0) is 12.8. The Morgan fingerprint density at radius 1 is 1.47 bits per heavy atom. The van der Waals surface area contributed by atoms with Crippen LogP contribution < -0.4 is 5.32 Å². The molecule has 0 radical (unpaired) electrons. The van der Waals surface area contributed by atoms with Gasteiger partial charge < -0.3 is 15.5 Å². The minimum atomic E-state index is -2.55. The average molecular weight is 246 g/mol. The highest BCUT2D eigenvalue weighted by Crippen LogP contribution is 2.11. The molecule has 0 fully saturated rings. The Morgan fingerprint density at radius 3 is 2.71 bits per heavy atom. The minimum absolute atomic E-state index is 0.143. The van der Waals surface area contributed by atoms with E-state index in [0.717, 1.165) is 0 Å². The maximum Gasteiger partial charge on any atom is 0.354 e. The van der Waals surface area contributed by atoms with E-state index in [2.05, 4.69) is 10.3 Å². The van der Waals surface area contributed by atoms with Gasteiger partial charge in [-0.25, -0.2) is 18.6 Å². The van der Waals surface area contributed by atoms with Crippen molar-refractivity contribution in [3.05, 3.63) is 23.9 Å². The van der Waals surface area contributed by atoms with E-state index in [1.165, 1.54) is 18.2 Å². The van der Waals surface area contributed by atoms with Gasteiger partial charge in [-0.1, -0.05) is 6.07 Å². The number of alkyl halides is 2. The summed E-state index contributed by atoms with van der Waals surface area (Å²) in [4.78, 5) is 14.3. The standard InChI is InChI=1S/C10H12F2N2O3/c11-8(12)4-6(5-15)13-9-3-1-2-7(14-9)10(16)17/h1-3,6,8,15H,4-5H2,(H,13,14)(H,16,17). The SMILES string of the molecule is O=C(O)c1cccc(NC(CO)CC(F)F)n1. The van der Waals surface area contributed by atoms with Crippen LogP contribution in [-0.4, -0.2) is 40.2 Å². The highest BCUT2D eigenvalue weighted by molar-refractivity contribution is 5.85. The van der Waals surface area contributed by atoms with Gasteiger partial charge in [0.05, 0.1) is 12.6 Å². The van der Waals surface area contributed by atoms with E-state index in [0.29, 0.717) is 0 Å². The van der Waals surface area contributed by atoms with E-state index in [4.69, 9.17) is 10.2 Å². The van der Waals surface area contributed by atoms with Crippen molar-refractivity contribution < 1.29 is 23.8 Å². The van der Waals surface area contributed by atoms with E-state index in [-0.39, 0.29) is 11.5 Å². The van der Waals surface area contributed by atoms with Crippen LogP contribution in [0.2, 0.25) is 0 Å². The van der Waals surface area contributed by atoms with E-state index < -0.39 is 31.5 Å². The normalized spacial score (nSPS) is 12.5. The maximum absolute atomic E-state index is 12.1. The van der Waals surface area contributed by atoms with Crippen LogP contribution in [0.1, 0.15) is 16.9 Å². The average Bonchev–Trinajstić information content (AvgIpc) is 2.28. The number of hydrogen-bond acceptors (Lipinski definition) is 4. The van der Waals surface area contributed by atoms with Gasteiger partial charge >= 0.3 is 5.97 Å². The van der Waals surface area contributed by atoms with Crippen LogP contribution in [0.15, 0.2) is 18.2 Å². The van der Waals surface area contributed by atoms with Gasteiger partial charge in [0.25, 0.3) is 0 Å². The number of pyridine rings is 1. The number of aromatic carboxylic acids is 1. The number of nitrogens with one attached hydrogen (secondary N) is 1. The van der Waals surface area contributed by atoms with Crippen molar-refractivity contribution in [2.24, 2.45) is 0 Å². The lowest BCUT2D eigenvalue weighted by molar-refractivity contribution is 0.0690. The predicted octanol–water partition coefficient (Wildman–Crippen LogP) is 1.21. The molecule has 1 aromatic rings. The Kier molecular flexibility index (Phi) is 4.77. The fourth-order valence-corrected chi connectivity index (χ4v) is 1.24. The topological polar surface area (TPSA) is 82.5 Å². The molecule has 3 N–H and O–H groups in total. The number of anilines is 1. The lowest BCUT2D eigenvalue weighted by atomic mass is 10.2. The molecule has 1 atom stereocenters. The van der Waals surface area contributed by atoms with Crippen molar-refractivity contribution in [2.45, 2.75) is 18.9 Å².